The van der Waals surface area contributed by atoms with Gasteiger partial charge in [0, 0.05) is 19.5 Å². The highest BCUT2D eigenvalue weighted by Gasteiger charge is 2.38. The molecule has 0 saturated carbocycles. The predicted octanol–water partition coefficient (Wildman–Crippen LogP) is 3.36. The number of hydrogen-bond donors (Lipinski definition) is 5. The summed E-state index contributed by atoms with van der Waals surface area (Å²) >= 11 is 0. The van der Waals surface area contributed by atoms with E-state index in [2.05, 4.69) is 10.6 Å². The summed E-state index contributed by atoms with van der Waals surface area (Å²) in [6, 6.07) is 18.1. The van der Waals surface area contributed by atoms with Crippen molar-refractivity contribution >= 4 is 17.8 Å². The number of nitrogens with one attached hydrogen (secondary N) is 2. The second-order valence-corrected chi connectivity index (χ2v) is 11.4. The van der Waals surface area contributed by atoms with Crippen LogP contribution >= 0.6 is 0 Å². The van der Waals surface area contributed by atoms with E-state index in [0.29, 0.717) is 6.42 Å². The minimum absolute atomic E-state index is 0.152. The molecule has 1 aliphatic rings. The van der Waals surface area contributed by atoms with Crippen LogP contribution < -0.4 is 16.4 Å². The van der Waals surface area contributed by atoms with Crippen molar-refractivity contribution in [3.05, 3.63) is 100 Å². The van der Waals surface area contributed by atoms with E-state index in [-0.39, 0.29) is 37.5 Å². The molecule has 0 aromatic heterocycles. The Morgan fingerprint density at radius 1 is 0.977 bits per heavy atom. The molecule has 4 rings (SSSR count). The Hall–Kier alpha value is -4.21. The summed E-state index contributed by atoms with van der Waals surface area (Å²) in [5, 5.41) is 25.9. The third-order valence-electron chi connectivity index (χ3n) is 8.14. The van der Waals surface area contributed by atoms with Gasteiger partial charge in [-0.25, -0.2) is 4.79 Å². The van der Waals surface area contributed by atoms with Crippen molar-refractivity contribution in [2.45, 2.75) is 77.2 Å². The Morgan fingerprint density at radius 3 is 2.30 bits per heavy atom. The van der Waals surface area contributed by atoms with Crippen LogP contribution in [0.15, 0.2) is 66.7 Å². The maximum absolute atomic E-state index is 13.8. The minimum Gasteiger partial charge on any atom is -0.508 e. The molecule has 3 aromatic carbocycles. The lowest BCUT2D eigenvalue weighted by Crippen LogP contribution is -2.58. The highest BCUT2D eigenvalue weighted by Crippen LogP contribution is 2.26. The summed E-state index contributed by atoms with van der Waals surface area (Å²) in [7, 11) is 0. The van der Waals surface area contributed by atoms with Crippen LogP contribution in [-0.4, -0.2) is 57.6 Å². The van der Waals surface area contributed by atoms with E-state index >= 15 is 0 Å². The van der Waals surface area contributed by atoms with Gasteiger partial charge in [0.05, 0.1) is 6.04 Å². The zero-order valence-corrected chi connectivity index (χ0v) is 24.9. The van der Waals surface area contributed by atoms with Gasteiger partial charge in [-0.1, -0.05) is 54.6 Å². The topological polar surface area (TPSA) is 145 Å². The van der Waals surface area contributed by atoms with Crippen LogP contribution in [0.4, 0.5) is 0 Å². The first-order chi connectivity index (χ1) is 20.6. The summed E-state index contributed by atoms with van der Waals surface area (Å²) in [5.41, 5.74) is 12.0. The Kier molecular flexibility index (Phi) is 10.9. The van der Waals surface area contributed by atoms with E-state index in [1.807, 2.05) is 68.4 Å². The van der Waals surface area contributed by atoms with Gasteiger partial charge in [-0.05, 0) is 91.6 Å². The Balaban J connectivity index is 1.40. The van der Waals surface area contributed by atoms with E-state index in [9.17, 15) is 24.6 Å². The van der Waals surface area contributed by atoms with E-state index < -0.39 is 30.0 Å². The lowest BCUT2D eigenvalue weighted by atomic mass is 9.91. The zero-order valence-electron chi connectivity index (χ0n) is 24.9. The molecule has 0 spiro atoms. The number of phenols is 1. The molecule has 228 valence electrons. The number of hydrogen-bond acceptors (Lipinski definition) is 6. The number of carboxylic acids is 1. The van der Waals surface area contributed by atoms with Gasteiger partial charge in [-0.3, -0.25) is 9.59 Å². The Labute approximate surface area is 253 Å². The fraction of sp³-hybridized carbons (Fsp3) is 0.382. The molecule has 43 heavy (non-hydrogen) atoms. The smallest absolute Gasteiger partial charge is 0.326 e. The number of nitrogens with zero attached hydrogens (tertiary/aromatic N) is 1. The van der Waals surface area contributed by atoms with Crippen LogP contribution in [0.1, 0.15) is 52.6 Å². The van der Waals surface area contributed by atoms with Crippen molar-refractivity contribution in [1.29, 1.82) is 0 Å². The first-order valence-electron chi connectivity index (χ1n) is 14.8. The lowest BCUT2D eigenvalue weighted by molar-refractivity contribution is -0.146. The number of aromatic hydroxyl groups is 1. The third kappa shape index (κ3) is 8.43. The van der Waals surface area contributed by atoms with Gasteiger partial charge < -0.3 is 31.5 Å². The van der Waals surface area contributed by atoms with Crippen LogP contribution in [-0.2, 0) is 40.3 Å². The quantitative estimate of drug-likeness (QED) is 0.193. The van der Waals surface area contributed by atoms with Crippen LogP contribution in [0.3, 0.4) is 0 Å². The molecular weight excluding hydrogens is 544 g/mol. The molecule has 1 aliphatic heterocycles. The van der Waals surface area contributed by atoms with E-state index in [0.717, 1.165) is 47.3 Å². The summed E-state index contributed by atoms with van der Waals surface area (Å²) in [5.74, 6) is -1.83. The van der Waals surface area contributed by atoms with Crippen molar-refractivity contribution in [2.75, 3.05) is 6.54 Å². The third-order valence-corrected chi connectivity index (χ3v) is 8.14. The molecule has 3 atom stereocenters. The standard InChI is InChI=1S/C34H42N4O5/c1-22-16-27(39)17-23(2)28(22)19-29(35)33(41)38-21-26-13-7-6-12-25(26)18-31(38)32(40)37-30(34(42)43)14-8-9-15-36-20-24-10-4-3-5-11-24/h3-7,10-13,16-17,29-31,36,39H,8-9,14-15,18-21,35H2,1-2H3,(H,37,40)(H,42,43)/t29-,30-,31-/m0/s1. The molecule has 0 radical (unpaired) electrons. The van der Waals surface area contributed by atoms with Crippen molar-refractivity contribution < 1.29 is 24.6 Å². The van der Waals surface area contributed by atoms with Crippen molar-refractivity contribution in [1.82, 2.24) is 15.5 Å². The highest BCUT2D eigenvalue weighted by molar-refractivity contribution is 5.92. The number of rotatable bonds is 13. The van der Waals surface area contributed by atoms with Gasteiger partial charge in [0.25, 0.3) is 0 Å². The number of amides is 2. The van der Waals surface area contributed by atoms with Crippen LogP contribution in [0.2, 0.25) is 0 Å². The second kappa shape index (κ2) is 14.8. The second-order valence-electron chi connectivity index (χ2n) is 11.4. The van der Waals surface area contributed by atoms with E-state index in [4.69, 9.17) is 5.73 Å². The van der Waals surface area contributed by atoms with Crippen molar-refractivity contribution in [2.24, 2.45) is 5.73 Å². The van der Waals surface area contributed by atoms with Gasteiger partial charge in [0.2, 0.25) is 11.8 Å². The number of carbonyl (C=O) groups is 3. The highest BCUT2D eigenvalue weighted by atomic mass is 16.4. The van der Waals surface area contributed by atoms with Gasteiger partial charge >= 0.3 is 5.97 Å². The number of nitrogens with two attached hydrogens (primary N) is 1. The van der Waals surface area contributed by atoms with Gasteiger partial charge in [-0.2, -0.15) is 0 Å². The van der Waals surface area contributed by atoms with E-state index in [1.54, 1.807) is 12.1 Å². The number of fused-ring (bicyclic) bond motifs is 1. The number of aliphatic carboxylic acids is 1. The molecular formula is C34H42N4O5. The molecule has 2 amide bonds. The number of unbranched alkanes of at least 4 members (excludes halogenated alkanes) is 1. The molecule has 6 N–H and O–H groups in total. The molecule has 1 heterocycles. The molecule has 0 unspecified atom stereocenters. The number of aryl methyl sites for hydroxylation is 2. The molecule has 0 bridgehead atoms. The predicted molar refractivity (Wildman–Crippen MR) is 165 cm³/mol. The number of carbonyl (C=O) groups excluding carboxylic acids is 2. The van der Waals surface area contributed by atoms with Crippen molar-refractivity contribution in [3.63, 3.8) is 0 Å². The summed E-state index contributed by atoms with van der Waals surface area (Å²) < 4.78 is 0. The number of benzene rings is 3. The first-order valence-corrected chi connectivity index (χ1v) is 14.8. The Bertz CT molecular complexity index is 1400. The summed E-state index contributed by atoms with van der Waals surface area (Å²) in [4.78, 5) is 40.9. The molecule has 0 fully saturated rings. The largest absolute Gasteiger partial charge is 0.508 e. The SMILES string of the molecule is Cc1cc(O)cc(C)c1C[C@H](N)C(=O)N1Cc2ccccc2C[C@H]1C(=O)N[C@@H](CCCCNCc1ccccc1)C(=O)O. The minimum atomic E-state index is -1.10. The van der Waals surface area contributed by atoms with Crippen LogP contribution in [0.25, 0.3) is 0 Å². The molecule has 0 aliphatic carbocycles. The normalized spacial score (nSPS) is 15.8. The lowest BCUT2D eigenvalue weighted by Gasteiger charge is -2.38. The Morgan fingerprint density at radius 2 is 1.63 bits per heavy atom. The monoisotopic (exact) mass is 586 g/mol. The van der Waals surface area contributed by atoms with Crippen LogP contribution in [0.5, 0.6) is 5.75 Å². The number of carboxylic acid groups (broad SMARTS) is 1. The first kappa shape index (κ1) is 31.7. The van der Waals surface area contributed by atoms with Crippen LogP contribution in [0, 0.1) is 13.8 Å². The van der Waals surface area contributed by atoms with Gasteiger partial charge in [0.1, 0.15) is 17.8 Å². The van der Waals surface area contributed by atoms with Gasteiger partial charge in [-0.15, -0.1) is 0 Å². The fourth-order valence-electron chi connectivity index (χ4n) is 5.75. The molecule has 3 aromatic rings. The number of phenolic OH excluding ortho intramolecular Hbond substituents is 1. The maximum Gasteiger partial charge on any atom is 0.326 e. The average Bonchev–Trinajstić information content (AvgIpc) is 2.99. The van der Waals surface area contributed by atoms with E-state index in [1.165, 1.54) is 10.5 Å². The fourth-order valence-corrected chi connectivity index (χ4v) is 5.75. The zero-order chi connectivity index (χ0) is 30.9. The van der Waals surface area contributed by atoms with Crippen molar-refractivity contribution in [3.8, 4) is 5.75 Å². The summed E-state index contributed by atoms with van der Waals surface area (Å²) in [6.07, 6.45) is 2.18. The average molecular weight is 587 g/mol. The molecule has 0 saturated heterocycles. The molecule has 9 nitrogen and oxygen atoms in total. The molecule has 9 heteroatoms. The maximum atomic E-state index is 13.8. The van der Waals surface area contributed by atoms with Gasteiger partial charge in [0.15, 0.2) is 0 Å². The summed E-state index contributed by atoms with van der Waals surface area (Å²) in [6.45, 7) is 5.39.